The molecular weight excluding hydrogens is 330 g/mol. The molecule has 0 saturated heterocycles. The second-order valence-electron chi connectivity index (χ2n) is 8.05. The van der Waals surface area contributed by atoms with Gasteiger partial charge in [0.1, 0.15) is 0 Å². The maximum atomic E-state index is 12.3. The van der Waals surface area contributed by atoms with Crippen LogP contribution in [0.15, 0.2) is 30.3 Å². The van der Waals surface area contributed by atoms with Crippen molar-refractivity contribution in [3.05, 3.63) is 35.9 Å². The number of nitrogens with two attached hydrogens (primary N) is 1. The minimum atomic E-state index is -1.23. The molecule has 1 aromatic rings. The van der Waals surface area contributed by atoms with Crippen molar-refractivity contribution in [2.45, 2.75) is 51.9 Å². The molecular formula is C21H27NO4. The Morgan fingerprint density at radius 3 is 2.19 bits per heavy atom. The minimum absolute atomic E-state index is 0.0386. The molecule has 1 fully saturated rings. The van der Waals surface area contributed by atoms with Crippen LogP contribution in [0.1, 0.15) is 57.4 Å². The van der Waals surface area contributed by atoms with E-state index in [1.807, 2.05) is 18.2 Å². The van der Waals surface area contributed by atoms with E-state index < -0.39 is 22.8 Å². The molecule has 0 heterocycles. The third-order valence-corrected chi connectivity index (χ3v) is 6.44. The highest BCUT2D eigenvalue weighted by atomic mass is 16.4. The maximum Gasteiger partial charge on any atom is 0.313 e. The lowest BCUT2D eigenvalue weighted by atomic mass is 9.55. The number of benzene rings is 1. The highest BCUT2D eigenvalue weighted by Crippen LogP contribution is 2.56. The number of rotatable bonds is 4. The Morgan fingerprint density at radius 2 is 1.65 bits per heavy atom. The van der Waals surface area contributed by atoms with Gasteiger partial charge in [-0.05, 0) is 61.8 Å². The summed E-state index contributed by atoms with van der Waals surface area (Å²) < 4.78 is 0. The van der Waals surface area contributed by atoms with Gasteiger partial charge in [-0.25, -0.2) is 0 Å². The van der Waals surface area contributed by atoms with Crippen molar-refractivity contribution >= 4 is 23.2 Å². The first-order valence-corrected chi connectivity index (χ1v) is 9.33. The van der Waals surface area contributed by atoms with Gasteiger partial charge in [-0.3, -0.25) is 9.59 Å². The van der Waals surface area contributed by atoms with Gasteiger partial charge in [0.25, 0.3) is 0 Å². The van der Waals surface area contributed by atoms with Crippen LogP contribution in [0.25, 0.3) is 5.57 Å². The molecule has 140 valence electrons. The third-order valence-electron chi connectivity index (χ3n) is 6.44. The van der Waals surface area contributed by atoms with Crippen molar-refractivity contribution in [3.8, 4) is 0 Å². The highest BCUT2D eigenvalue weighted by Gasteiger charge is 2.55. The molecule has 2 aliphatic rings. The molecule has 3 rings (SSSR count). The zero-order valence-corrected chi connectivity index (χ0v) is 15.2. The van der Waals surface area contributed by atoms with Gasteiger partial charge in [0.15, 0.2) is 0 Å². The Kier molecular flexibility index (Phi) is 4.82. The van der Waals surface area contributed by atoms with E-state index in [4.69, 9.17) is 5.73 Å². The van der Waals surface area contributed by atoms with Crippen LogP contribution in [-0.4, -0.2) is 22.2 Å². The highest BCUT2D eigenvalue weighted by molar-refractivity contribution is 5.94. The summed E-state index contributed by atoms with van der Waals surface area (Å²) in [7, 11) is 0. The van der Waals surface area contributed by atoms with Crippen molar-refractivity contribution in [1.29, 1.82) is 0 Å². The van der Waals surface area contributed by atoms with E-state index in [0.29, 0.717) is 17.7 Å². The number of carboxylic acids is 2. The van der Waals surface area contributed by atoms with Crippen molar-refractivity contribution < 1.29 is 19.8 Å². The number of nitrogen functional groups attached to an aromatic ring is 1. The van der Waals surface area contributed by atoms with Crippen LogP contribution in [0.2, 0.25) is 0 Å². The van der Waals surface area contributed by atoms with E-state index in [1.165, 1.54) is 0 Å². The number of carbonyl (C=O) groups is 2. The summed E-state index contributed by atoms with van der Waals surface area (Å²) in [6, 6.07) is 7.13. The monoisotopic (exact) mass is 357 g/mol. The van der Waals surface area contributed by atoms with Crippen molar-refractivity contribution in [1.82, 2.24) is 0 Å². The van der Waals surface area contributed by atoms with Gasteiger partial charge in [-0.15, -0.1) is 0 Å². The Labute approximate surface area is 153 Å². The molecule has 5 nitrogen and oxygen atoms in total. The number of carboxylic acid groups (broad SMARTS) is 2. The predicted octanol–water partition coefficient (Wildman–Crippen LogP) is 4.19. The fourth-order valence-corrected chi connectivity index (χ4v) is 4.90. The molecule has 0 aromatic heterocycles. The molecule has 0 spiro atoms. The zero-order valence-electron chi connectivity index (χ0n) is 15.2. The summed E-state index contributed by atoms with van der Waals surface area (Å²) >= 11 is 0. The lowest BCUT2D eigenvalue weighted by molar-refractivity contribution is -0.160. The van der Waals surface area contributed by atoms with Crippen LogP contribution in [0.3, 0.4) is 0 Å². The lowest BCUT2D eigenvalue weighted by Crippen LogP contribution is -2.48. The van der Waals surface area contributed by atoms with Gasteiger partial charge in [0, 0.05) is 5.69 Å². The molecule has 1 aromatic carbocycles. The largest absolute Gasteiger partial charge is 0.481 e. The van der Waals surface area contributed by atoms with Crippen LogP contribution in [0.4, 0.5) is 5.69 Å². The van der Waals surface area contributed by atoms with E-state index in [0.717, 1.165) is 37.7 Å². The third kappa shape index (κ3) is 3.00. The molecule has 0 radical (unpaired) electrons. The van der Waals surface area contributed by atoms with Crippen LogP contribution in [0.5, 0.6) is 0 Å². The smallest absolute Gasteiger partial charge is 0.313 e. The van der Waals surface area contributed by atoms with E-state index >= 15 is 0 Å². The molecule has 5 heteroatoms. The average Bonchev–Trinajstić information content (AvgIpc) is 2.63. The SMILES string of the molecule is CC1(C(=O)O)CC(C(=O)O)(C2CCCCC2)CC=C1c1ccc(N)cc1. The van der Waals surface area contributed by atoms with E-state index in [1.54, 1.807) is 19.1 Å². The second kappa shape index (κ2) is 6.78. The fraction of sp³-hybridized carbons (Fsp3) is 0.524. The lowest BCUT2D eigenvalue weighted by Gasteiger charge is -2.47. The molecule has 4 N–H and O–H groups in total. The quantitative estimate of drug-likeness (QED) is 0.702. The maximum absolute atomic E-state index is 12.3. The van der Waals surface area contributed by atoms with E-state index in [9.17, 15) is 19.8 Å². The van der Waals surface area contributed by atoms with E-state index in [2.05, 4.69) is 0 Å². The van der Waals surface area contributed by atoms with Gasteiger partial charge in [-0.1, -0.05) is 37.5 Å². The molecule has 2 unspecified atom stereocenters. The summed E-state index contributed by atoms with van der Waals surface area (Å²) in [5.41, 5.74) is 5.63. The first-order valence-electron chi connectivity index (χ1n) is 9.33. The van der Waals surface area contributed by atoms with E-state index in [-0.39, 0.29) is 12.3 Å². The number of allylic oxidation sites excluding steroid dienone is 1. The van der Waals surface area contributed by atoms with Gasteiger partial charge < -0.3 is 15.9 Å². The van der Waals surface area contributed by atoms with Crippen LogP contribution in [0, 0.1) is 16.7 Å². The van der Waals surface area contributed by atoms with Crippen LogP contribution < -0.4 is 5.73 Å². The number of anilines is 1. The van der Waals surface area contributed by atoms with Crippen LogP contribution >= 0.6 is 0 Å². The number of hydrogen-bond acceptors (Lipinski definition) is 3. The second-order valence-corrected chi connectivity index (χ2v) is 8.05. The van der Waals surface area contributed by atoms with Gasteiger partial charge in [-0.2, -0.15) is 0 Å². The standard InChI is InChI=1S/C21H27NO4/c1-20(18(23)24)13-21(19(25)26,15-5-3-2-4-6-15)12-11-17(20)14-7-9-16(22)10-8-14/h7-11,15H,2-6,12-13,22H2,1H3,(H,23,24)(H,25,26). The Balaban J connectivity index is 2.06. The first kappa shape index (κ1) is 18.5. The Hall–Kier alpha value is -2.30. The van der Waals surface area contributed by atoms with Crippen molar-refractivity contribution in [2.24, 2.45) is 16.7 Å². The predicted molar refractivity (Wildman–Crippen MR) is 100 cm³/mol. The molecule has 1 saturated carbocycles. The summed E-state index contributed by atoms with van der Waals surface area (Å²) in [5, 5.41) is 20.1. The molecule has 2 aliphatic carbocycles. The van der Waals surface area contributed by atoms with Gasteiger partial charge in [0.2, 0.25) is 0 Å². The molecule has 2 atom stereocenters. The van der Waals surface area contributed by atoms with Crippen molar-refractivity contribution in [3.63, 3.8) is 0 Å². The molecule has 26 heavy (non-hydrogen) atoms. The fourth-order valence-electron chi connectivity index (χ4n) is 4.90. The summed E-state index contributed by atoms with van der Waals surface area (Å²) in [4.78, 5) is 24.6. The first-order chi connectivity index (χ1) is 12.3. The molecule has 0 amide bonds. The van der Waals surface area contributed by atoms with Crippen LogP contribution in [-0.2, 0) is 9.59 Å². The normalized spacial score (nSPS) is 29.8. The topological polar surface area (TPSA) is 101 Å². The number of hydrogen-bond donors (Lipinski definition) is 3. The van der Waals surface area contributed by atoms with Gasteiger partial charge >= 0.3 is 11.9 Å². The molecule has 0 aliphatic heterocycles. The molecule has 0 bridgehead atoms. The minimum Gasteiger partial charge on any atom is -0.481 e. The Bertz CT molecular complexity index is 733. The summed E-state index contributed by atoms with van der Waals surface area (Å²) in [6.07, 6.45) is 7.29. The number of aliphatic carboxylic acids is 2. The van der Waals surface area contributed by atoms with Crippen molar-refractivity contribution in [2.75, 3.05) is 5.73 Å². The zero-order chi connectivity index (χ0) is 18.9. The average molecular weight is 357 g/mol. The van der Waals surface area contributed by atoms with Gasteiger partial charge in [0.05, 0.1) is 10.8 Å². The summed E-state index contributed by atoms with van der Waals surface area (Å²) in [5.74, 6) is -1.79. The summed E-state index contributed by atoms with van der Waals surface area (Å²) in [6.45, 7) is 1.66. The Morgan fingerprint density at radius 1 is 1.04 bits per heavy atom.